The fourth-order valence-electron chi connectivity index (χ4n) is 2.08. The maximum absolute atomic E-state index is 12.1. The molecule has 8 heteroatoms. The molecule has 0 aliphatic carbocycles. The molecule has 2 rings (SSSR count). The zero-order valence-electron chi connectivity index (χ0n) is 10.4. The van der Waals surface area contributed by atoms with Crippen LogP contribution in [0.2, 0.25) is 10.2 Å². The summed E-state index contributed by atoms with van der Waals surface area (Å²) in [5.74, 6) is 0. The predicted molar refractivity (Wildman–Crippen MR) is 75.1 cm³/mol. The third-order valence-corrected chi connectivity index (χ3v) is 5.34. The van der Waals surface area contributed by atoms with E-state index in [-0.39, 0.29) is 21.1 Å². The third kappa shape index (κ3) is 3.58. The van der Waals surface area contributed by atoms with E-state index in [1.54, 1.807) is 0 Å². The van der Waals surface area contributed by atoms with Crippen LogP contribution in [0.4, 0.5) is 0 Å². The van der Waals surface area contributed by atoms with Gasteiger partial charge in [-0.05, 0) is 32.5 Å². The first-order valence-electron chi connectivity index (χ1n) is 5.91. The normalized spacial score (nSPS) is 20.9. The average Bonchev–Trinajstić information content (AvgIpc) is 2.76. The second-order valence-electron chi connectivity index (χ2n) is 4.57. The van der Waals surface area contributed by atoms with Crippen LogP contribution in [-0.2, 0) is 10.0 Å². The lowest BCUT2D eigenvalue weighted by Crippen LogP contribution is -2.38. The van der Waals surface area contributed by atoms with Crippen molar-refractivity contribution in [3.05, 3.63) is 22.4 Å². The summed E-state index contributed by atoms with van der Waals surface area (Å²) in [4.78, 5) is 5.92. The Bertz CT molecular complexity index is 565. The summed E-state index contributed by atoms with van der Waals surface area (Å²) >= 11 is 11.4. The maximum Gasteiger partial charge on any atom is 0.242 e. The highest BCUT2D eigenvalue weighted by atomic mass is 35.5. The number of hydrogen-bond donors (Lipinski definition) is 1. The van der Waals surface area contributed by atoms with Gasteiger partial charge in [0, 0.05) is 18.8 Å². The van der Waals surface area contributed by atoms with Crippen molar-refractivity contribution in [1.82, 2.24) is 14.6 Å². The monoisotopic (exact) mass is 323 g/mol. The Morgan fingerprint density at radius 3 is 2.84 bits per heavy atom. The minimum atomic E-state index is -3.59. The number of hydrogen-bond acceptors (Lipinski definition) is 4. The van der Waals surface area contributed by atoms with Gasteiger partial charge in [0.2, 0.25) is 10.0 Å². The number of sulfonamides is 1. The van der Waals surface area contributed by atoms with E-state index in [0.717, 1.165) is 19.4 Å². The van der Waals surface area contributed by atoms with Crippen LogP contribution in [0.5, 0.6) is 0 Å². The molecule has 0 bridgehead atoms. The quantitative estimate of drug-likeness (QED) is 0.858. The molecule has 0 spiro atoms. The van der Waals surface area contributed by atoms with E-state index < -0.39 is 10.0 Å². The summed E-state index contributed by atoms with van der Waals surface area (Å²) in [6.45, 7) is 1.39. The van der Waals surface area contributed by atoms with E-state index in [0.29, 0.717) is 6.54 Å². The van der Waals surface area contributed by atoms with Gasteiger partial charge in [-0.15, -0.1) is 0 Å². The van der Waals surface area contributed by atoms with Gasteiger partial charge in [-0.2, -0.15) is 0 Å². The minimum absolute atomic E-state index is 0.0301. The maximum atomic E-state index is 12.1. The molecule has 0 radical (unpaired) electrons. The van der Waals surface area contributed by atoms with Crippen LogP contribution in [0, 0.1) is 0 Å². The fraction of sp³-hybridized carbons (Fsp3) is 0.545. The molecule has 2 heterocycles. The van der Waals surface area contributed by atoms with Crippen LogP contribution in [-0.4, -0.2) is 44.5 Å². The second-order valence-corrected chi connectivity index (χ2v) is 7.10. The van der Waals surface area contributed by atoms with Crippen LogP contribution in [0.15, 0.2) is 17.2 Å². The van der Waals surface area contributed by atoms with Gasteiger partial charge in [-0.25, -0.2) is 18.1 Å². The van der Waals surface area contributed by atoms with Crippen molar-refractivity contribution in [2.45, 2.75) is 23.8 Å². The number of likely N-dealkylation sites (tertiary alicyclic amines) is 1. The molecule has 1 aliphatic heterocycles. The number of halogens is 2. The third-order valence-electron chi connectivity index (χ3n) is 3.26. The van der Waals surface area contributed by atoms with E-state index in [9.17, 15) is 8.42 Å². The molecule has 1 aromatic rings. The Morgan fingerprint density at radius 1 is 1.53 bits per heavy atom. The lowest BCUT2D eigenvalue weighted by Gasteiger charge is -2.19. The SMILES string of the molecule is CN1CCCC1CNS(=O)(=O)c1cnc(Cl)c(Cl)c1. The highest BCUT2D eigenvalue weighted by Crippen LogP contribution is 2.22. The second kappa shape index (κ2) is 5.93. The van der Waals surface area contributed by atoms with Crippen LogP contribution in [0.3, 0.4) is 0 Å². The first-order valence-corrected chi connectivity index (χ1v) is 8.15. The van der Waals surface area contributed by atoms with Crippen LogP contribution in [0.25, 0.3) is 0 Å². The van der Waals surface area contributed by atoms with Crippen molar-refractivity contribution in [2.75, 3.05) is 20.1 Å². The standard InChI is InChI=1S/C11H15Cl2N3O2S/c1-16-4-2-3-8(16)6-15-19(17,18)9-5-10(12)11(13)14-7-9/h5,7-8,15H,2-4,6H2,1H3. The Hall–Kier alpha value is -0.400. The van der Waals surface area contributed by atoms with Crippen molar-refractivity contribution < 1.29 is 8.42 Å². The Labute approximate surface area is 123 Å². The van der Waals surface area contributed by atoms with Crippen LogP contribution < -0.4 is 4.72 Å². The van der Waals surface area contributed by atoms with Gasteiger partial charge in [0.1, 0.15) is 10.0 Å². The number of aromatic nitrogens is 1. The molecule has 0 saturated carbocycles. The summed E-state index contributed by atoms with van der Waals surface area (Å²) in [5.41, 5.74) is 0. The summed E-state index contributed by atoms with van der Waals surface area (Å²) in [5, 5.41) is 0.221. The fourth-order valence-corrected chi connectivity index (χ4v) is 3.45. The molecule has 1 atom stereocenters. The largest absolute Gasteiger partial charge is 0.302 e. The number of pyridine rings is 1. The first-order chi connectivity index (χ1) is 8.90. The van der Waals surface area contributed by atoms with Crippen molar-refractivity contribution in [3.8, 4) is 0 Å². The van der Waals surface area contributed by atoms with E-state index in [2.05, 4.69) is 14.6 Å². The van der Waals surface area contributed by atoms with Crippen LogP contribution in [0.1, 0.15) is 12.8 Å². The molecule has 1 aromatic heterocycles. The molecule has 1 unspecified atom stereocenters. The van der Waals surface area contributed by atoms with Gasteiger partial charge in [-0.3, -0.25) is 0 Å². The molecule has 1 N–H and O–H groups in total. The van der Waals surface area contributed by atoms with Crippen molar-refractivity contribution in [2.24, 2.45) is 0 Å². The topological polar surface area (TPSA) is 62.3 Å². The average molecular weight is 324 g/mol. The zero-order chi connectivity index (χ0) is 14.0. The highest BCUT2D eigenvalue weighted by Gasteiger charge is 2.24. The molecule has 1 fully saturated rings. The van der Waals surface area contributed by atoms with Gasteiger partial charge >= 0.3 is 0 Å². The van der Waals surface area contributed by atoms with Gasteiger partial charge < -0.3 is 4.90 Å². The summed E-state index contributed by atoms with van der Waals surface area (Å²) in [6, 6.07) is 1.54. The summed E-state index contributed by atoms with van der Waals surface area (Å²) in [6.07, 6.45) is 3.30. The Morgan fingerprint density at radius 2 is 2.26 bits per heavy atom. The number of likely N-dealkylation sites (N-methyl/N-ethyl adjacent to an activating group) is 1. The van der Waals surface area contributed by atoms with Crippen molar-refractivity contribution >= 4 is 33.2 Å². The predicted octanol–water partition coefficient (Wildman–Crippen LogP) is 1.76. The molecule has 1 saturated heterocycles. The Balaban J connectivity index is 2.07. The minimum Gasteiger partial charge on any atom is -0.302 e. The molecule has 1 aliphatic rings. The summed E-state index contributed by atoms with van der Waals surface area (Å²) in [7, 11) is -1.60. The van der Waals surface area contributed by atoms with E-state index in [1.807, 2.05) is 7.05 Å². The van der Waals surface area contributed by atoms with Crippen molar-refractivity contribution in [3.63, 3.8) is 0 Å². The van der Waals surface area contributed by atoms with Gasteiger partial charge in [0.25, 0.3) is 0 Å². The van der Waals surface area contributed by atoms with Gasteiger partial charge in [-0.1, -0.05) is 23.2 Å². The molecular weight excluding hydrogens is 309 g/mol. The highest BCUT2D eigenvalue weighted by molar-refractivity contribution is 7.89. The van der Waals surface area contributed by atoms with E-state index in [1.165, 1.54) is 12.3 Å². The van der Waals surface area contributed by atoms with E-state index >= 15 is 0 Å². The number of nitrogens with zero attached hydrogens (tertiary/aromatic N) is 2. The van der Waals surface area contributed by atoms with Gasteiger partial charge in [0.05, 0.1) is 5.02 Å². The summed E-state index contributed by atoms with van der Waals surface area (Å²) < 4.78 is 26.8. The number of rotatable bonds is 4. The molecule has 0 aromatic carbocycles. The molecule has 106 valence electrons. The first kappa shape index (κ1) is 15.0. The lowest BCUT2D eigenvalue weighted by atomic mass is 10.2. The van der Waals surface area contributed by atoms with E-state index in [4.69, 9.17) is 23.2 Å². The molecule has 19 heavy (non-hydrogen) atoms. The van der Waals surface area contributed by atoms with Crippen LogP contribution >= 0.6 is 23.2 Å². The molecule has 0 amide bonds. The van der Waals surface area contributed by atoms with Crippen molar-refractivity contribution in [1.29, 1.82) is 0 Å². The smallest absolute Gasteiger partial charge is 0.242 e. The lowest BCUT2D eigenvalue weighted by molar-refractivity contribution is 0.311. The van der Waals surface area contributed by atoms with Gasteiger partial charge in [0.15, 0.2) is 0 Å². The number of nitrogens with one attached hydrogen (secondary N) is 1. The Kier molecular flexibility index (Phi) is 4.68. The zero-order valence-corrected chi connectivity index (χ0v) is 12.8. The molecule has 5 nitrogen and oxygen atoms in total. The molecular formula is C11H15Cl2N3O2S.